The third-order valence-corrected chi connectivity index (χ3v) is 3.29. The number of nitrogens with zero attached hydrogens (tertiary/aromatic N) is 2. The van der Waals surface area contributed by atoms with E-state index in [-0.39, 0.29) is 24.6 Å². The van der Waals surface area contributed by atoms with Crippen molar-refractivity contribution >= 4 is 17.3 Å². The van der Waals surface area contributed by atoms with Crippen molar-refractivity contribution in [2.75, 3.05) is 39.0 Å². The number of hydrogen-bond acceptors (Lipinski definition) is 5. The van der Waals surface area contributed by atoms with E-state index >= 15 is 0 Å². The van der Waals surface area contributed by atoms with Crippen LogP contribution in [0.1, 0.15) is 18.4 Å². The molecule has 0 aliphatic rings. The lowest BCUT2D eigenvalue weighted by atomic mass is 10.1. The summed E-state index contributed by atoms with van der Waals surface area (Å²) in [6, 6.07) is 2.23. The summed E-state index contributed by atoms with van der Waals surface area (Å²) < 4.78 is 37.9. The van der Waals surface area contributed by atoms with Gasteiger partial charge < -0.3 is 15.5 Å². The van der Waals surface area contributed by atoms with Crippen LogP contribution >= 0.6 is 0 Å². The van der Waals surface area contributed by atoms with Gasteiger partial charge in [-0.3, -0.25) is 14.9 Å². The molecule has 0 fully saturated rings. The topological polar surface area (TPSA) is 87.5 Å². The third-order valence-electron chi connectivity index (χ3n) is 3.29. The van der Waals surface area contributed by atoms with E-state index in [0.717, 1.165) is 25.1 Å². The number of nitrogens with one attached hydrogen (secondary N) is 2. The number of alkyl halides is 3. The molecule has 1 aromatic carbocycles. The number of carbonyl (C=O) groups is 1. The second-order valence-corrected chi connectivity index (χ2v) is 5.67. The quantitative estimate of drug-likeness (QED) is 0.400. The number of hydrogen-bond donors (Lipinski definition) is 2. The van der Waals surface area contributed by atoms with Crippen LogP contribution in [0.2, 0.25) is 0 Å². The minimum atomic E-state index is -4.66. The summed E-state index contributed by atoms with van der Waals surface area (Å²) in [6.45, 7) is 1.42. The lowest BCUT2D eigenvalue weighted by molar-refractivity contribution is -0.384. The van der Waals surface area contributed by atoms with Crippen LogP contribution in [0.5, 0.6) is 0 Å². The maximum absolute atomic E-state index is 12.6. The van der Waals surface area contributed by atoms with Crippen LogP contribution < -0.4 is 10.6 Å². The van der Waals surface area contributed by atoms with Crippen molar-refractivity contribution in [1.29, 1.82) is 0 Å². The summed E-state index contributed by atoms with van der Waals surface area (Å²) in [5.41, 5.74) is -1.83. The molecule has 0 aliphatic carbocycles. The number of amides is 1. The summed E-state index contributed by atoms with van der Waals surface area (Å²) in [4.78, 5) is 23.7. The predicted molar refractivity (Wildman–Crippen MR) is 87.4 cm³/mol. The van der Waals surface area contributed by atoms with Gasteiger partial charge in [0.2, 0.25) is 5.91 Å². The number of nitro groups is 1. The molecule has 0 aromatic heterocycles. The molecule has 0 spiro atoms. The van der Waals surface area contributed by atoms with E-state index in [4.69, 9.17) is 0 Å². The molecule has 10 heteroatoms. The van der Waals surface area contributed by atoms with Crippen LogP contribution in [0.25, 0.3) is 0 Å². The van der Waals surface area contributed by atoms with Gasteiger partial charge in [0, 0.05) is 25.6 Å². The number of halogens is 3. The molecular formula is C15H21F3N4O3. The molecule has 1 amide bonds. The highest BCUT2D eigenvalue weighted by molar-refractivity contribution is 5.76. The molecule has 0 unspecified atom stereocenters. The first-order chi connectivity index (χ1) is 11.6. The molecule has 0 radical (unpaired) electrons. The van der Waals surface area contributed by atoms with Gasteiger partial charge in [0.15, 0.2) is 0 Å². The Morgan fingerprint density at radius 2 is 1.96 bits per heavy atom. The molecule has 1 aromatic rings. The summed E-state index contributed by atoms with van der Waals surface area (Å²) >= 11 is 0. The van der Waals surface area contributed by atoms with Gasteiger partial charge in [-0.1, -0.05) is 0 Å². The van der Waals surface area contributed by atoms with Gasteiger partial charge in [0.1, 0.15) is 5.69 Å². The van der Waals surface area contributed by atoms with E-state index < -0.39 is 22.4 Å². The molecule has 25 heavy (non-hydrogen) atoms. The zero-order chi connectivity index (χ0) is 19.0. The fourth-order valence-corrected chi connectivity index (χ4v) is 2.03. The number of anilines is 1. The highest BCUT2D eigenvalue weighted by atomic mass is 19.4. The molecule has 7 nitrogen and oxygen atoms in total. The van der Waals surface area contributed by atoms with Gasteiger partial charge in [0.25, 0.3) is 5.69 Å². The van der Waals surface area contributed by atoms with Crippen molar-refractivity contribution in [3.05, 3.63) is 33.9 Å². The van der Waals surface area contributed by atoms with E-state index in [1.54, 1.807) is 0 Å². The summed E-state index contributed by atoms with van der Waals surface area (Å²) in [6.07, 6.45) is -3.81. The lowest BCUT2D eigenvalue weighted by Gasteiger charge is -2.11. The third kappa shape index (κ3) is 7.38. The zero-order valence-electron chi connectivity index (χ0n) is 14.0. The first kappa shape index (κ1) is 20.7. The van der Waals surface area contributed by atoms with E-state index in [2.05, 4.69) is 10.6 Å². The molecule has 0 saturated heterocycles. The summed E-state index contributed by atoms with van der Waals surface area (Å²) in [7, 11) is 3.84. The Labute approximate surface area is 143 Å². The molecular weight excluding hydrogens is 341 g/mol. The fourth-order valence-electron chi connectivity index (χ4n) is 2.03. The highest BCUT2D eigenvalue weighted by Crippen LogP contribution is 2.34. The Morgan fingerprint density at radius 1 is 1.28 bits per heavy atom. The van der Waals surface area contributed by atoms with Crippen LogP contribution in [0, 0.1) is 10.1 Å². The molecule has 2 N–H and O–H groups in total. The Bertz CT molecular complexity index is 606. The Morgan fingerprint density at radius 3 is 2.52 bits per heavy atom. The van der Waals surface area contributed by atoms with Gasteiger partial charge in [-0.15, -0.1) is 0 Å². The van der Waals surface area contributed by atoms with Gasteiger partial charge in [-0.25, -0.2) is 0 Å². The number of nitro benzene ring substituents is 1. The monoisotopic (exact) mass is 362 g/mol. The SMILES string of the molecule is CN(C)CCCNC(=O)CCNc1ccc(C(F)(F)F)cc1[N+](=O)[O-]. The van der Waals surface area contributed by atoms with Gasteiger partial charge in [-0.05, 0) is 39.2 Å². The Kier molecular flexibility index (Phi) is 7.62. The zero-order valence-corrected chi connectivity index (χ0v) is 14.0. The number of carbonyl (C=O) groups excluding carboxylic acids is 1. The normalized spacial score (nSPS) is 11.4. The minimum Gasteiger partial charge on any atom is -0.379 e. The smallest absolute Gasteiger partial charge is 0.379 e. The second kappa shape index (κ2) is 9.21. The van der Waals surface area contributed by atoms with Crippen molar-refractivity contribution < 1.29 is 22.9 Å². The average Bonchev–Trinajstić information content (AvgIpc) is 2.50. The summed E-state index contributed by atoms with van der Waals surface area (Å²) in [5, 5.41) is 16.3. The summed E-state index contributed by atoms with van der Waals surface area (Å²) in [5.74, 6) is -0.235. The van der Waals surface area contributed by atoms with Crippen molar-refractivity contribution in [3.8, 4) is 0 Å². The molecule has 0 aliphatic heterocycles. The molecule has 0 atom stereocenters. The van der Waals surface area contributed by atoms with Crippen LogP contribution in [-0.4, -0.2) is 49.5 Å². The van der Waals surface area contributed by atoms with Crippen LogP contribution in [0.15, 0.2) is 18.2 Å². The molecule has 140 valence electrons. The van der Waals surface area contributed by atoms with Crippen molar-refractivity contribution in [2.24, 2.45) is 0 Å². The van der Waals surface area contributed by atoms with E-state index in [9.17, 15) is 28.1 Å². The minimum absolute atomic E-state index is 0.0557. The maximum Gasteiger partial charge on any atom is 0.416 e. The standard InChI is InChI=1S/C15H21F3N4O3/c1-21(2)9-3-7-20-14(23)6-8-19-12-5-4-11(15(16,17)18)10-13(12)22(24)25/h4-5,10,19H,3,6-9H2,1-2H3,(H,20,23). The highest BCUT2D eigenvalue weighted by Gasteiger charge is 2.33. The van der Waals surface area contributed by atoms with E-state index in [1.807, 2.05) is 19.0 Å². The first-order valence-electron chi connectivity index (χ1n) is 7.62. The largest absolute Gasteiger partial charge is 0.416 e. The maximum atomic E-state index is 12.6. The van der Waals surface area contributed by atoms with Gasteiger partial charge in [-0.2, -0.15) is 13.2 Å². The molecule has 0 heterocycles. The van der Waals surface area contributed by atoms with Crippen LogP contribution in [0.3, 0.4) is 0 Å². The molecule has 0 saturated carbocycles. The molecule has 1 rings (SSSR count). The van der Waals surface area contributed by atoms with Crippen molar-refractivity contribution in [3.63, 3.8) is 0 Å². The van der Waals surface area contributed by atoms with Gasteiger partial charge >= 0.3 is 6.18 Å². The number of benzene rings is 1. The van der Waals surface area contributed by atoms with E-state index in [1.165, 1.54) is 0 Å². The van der Waals surface area contributed by atoms with Gasteiger partial charge in [0.05, 0.1) is 10.5 Å². The number of rotatable bonds is 9. The average molecular weight is 362 g/mol. The molecule has 0 bridgehead atoms. The van der Waals surface area contributed by atoms with Crippen molar-refractivity contribution in [2.45, 2.75) is 19.0 Å². The lowest BCUT2D eigenvalue weighted by Crippen LogP contribution is -2.28. The Balaban J connectivity index is 2.54. The van der Waals surface area contributed by atoms with Crippen LogP contribution in [-0.2, 0) is 11.0 Å². The van der Waals surface area contributed by atoms with E-state index in [0.29, 0.717) is 12.6 Å². The fraction of sp³-hybridized carbons (Fsp3) is 0.533. The van der Waals surface area contributed by atoms with Crippen LogP contribution in [0.4, 0.5) is 24.5 Å². The first-order valence-corrected chi connectivity index (χ1v) is 7.62. The van der Waals surface area contributed by atoms with Crippen molar-refractivity contribution in [1.82, 2.24) is 10.2 Å². The Hall–Kier alpha value is -2.36. The predicted octanol–water partition coefficient (Wildman–Crippen LogP) is 2.48. The second-order valence-electron chi connectivity index (χ2n) is 5.67.